The molecule has 0 spiro atoms. The Morgan fingerprint density at radius 1 is 1.36 bits per heavy atom. The van der Waals surface area contributed by atoms with Crippen LogP contribution in [0.2, 0.25) is 0 Å². The lowest BCUT2D eigenvalue weighted by molar-refractivity contribution is -0.139. The van der Waals surface area contributed by atoms with Crippen molar-refractivity contribution in [3.63, 3.8) is 0 Å². The normalized spacial score (nSPS) is 22.4. The van der Waals surface area contributed by atoms with Gasteiger partial charge in [-0.2, -0.15) is 0 Å². The van der Waals surface area contributed by atoms with Gasteiger partial charge in [0, 0.05) is 24.2 Å². The van der Waals surface area contributed by atoms with Crippen molar-refractivity contribution in [3.05, 3.63) is 29.6 Å². The molecule has 1 aromatic rings. The zero-order valence-corrected chi connectivity index (χ0v) is 14.2. The molecule has 2 aliphatic rings. The molecule has 0 bridgehead atoms. The number of ether oxygens (including phenoxy) is 1. The van der Waals surface area contributed by atoms with Crippen LogP contribution in [0.15, 0.2) is 18.2 Å². The van der Waals surface area contributed by atoms with Gasteiger partial charge in [0.2, 0.25) is 0 Å². The molecule has 1 amide bonds. The lowest BCUT2D eigenvalue weighted by Crippen LogP contribution is -2.55. The number of hydrogen-bond acceptors (Lipinski definition) is 4. The van der Waals surface area contributed by atoms with E-state index in [0.717, 1.165) is 19.4 Å². The Bertz CT molecular complexity index is 656. The molecule has 6 nitrogen and oxygen atoms in total. The van der Waals surface area contributed by atoms with E-state index in [1.807, 2.05) is 4.90 Å². The van der Waals surface area contributed by atoms with Crippen LogP contribution >= 0.6 is 0 Å². The van der Waals surface area contributed by atoms with Crippen molar-refractivity contribution in [3.8, 4) is 5.75 Å². The highest BCUT2D eigenvalue weighted by Gasteiger charge is 2.37. The van der Waals surface area contributed by atoms with Crippen LogP contribution in [0.25, 0.3) is 0 Å². The van der Waals surface area contributed by atoms with E-state index in [-0.39, 0.29) is 30.3 Å². The van der Waals surface area contributed by atoms with Crippen LogP contribution < -0.4 is 10.1 Å². The molecule has 0 heterocycles. The number of methoxy groups -OCH3 is 1. The Morgan fingerprint density at radius 2 is 2.08 bits per heavy atom. The average Bonchev–Trinajstić information content (AvgIpc) is 3.33. The first-order chi connectivity index (χ1) is 12.0. The summed E-state index contributed by atoms with van der Waals surface area (Å²) in [5.41, 5.74) is 0.349. The largest absolute Gasteiger partial charge is 0.494 e. The third-order valence-corrected chi connectivity index (χ3v) is 4.91. The van der Waals surface area contributed by atoms with Crippen LogP contribution in [-0.4, -0.2) is 54.2 Å². The lowest BCUT2D eigenvalue weighted by Gasteiger charge is -2.42. The number of carbonyl (C=O) groups excluding carboxylic acids is 1. The summed E-state index contributed by atoms with van der Waals surface area (Å²) >= 11 is 0. The second-order valence-electron chi connectivity index (χ2n) is 6.91. The Balaban J connectivity index is 1.51. The summed E-state index contributed by atoms with van der Waals surface area (Å²) < 4.78 is 18.3. The van der Waals surface area contributed by atoms with E-state index in [0.29, 0.717) is 11.5 Å². The monoisotopic (exact) mass is 350 g/mol. The number of hydrogen-bond donors (Lipinski definition) is 2. The van der Waals surface area contributed by atoms with E-state index < -0.39 is 11.8 Å². The van der Waals surface area contributed by atoms with E-state index >= 15 is 0 Å². The highest BCUT2D eigenvalue weighted by molar-refractivity contribution is 5.94. The maximum atomic E-state index is 13.4. The molecule has 0 atom stereocenters. The van der Waals surface area contributed by atoms with Gasteiger partial charge < -0.3 is 15.2 Å². The SMILES string of the molecule is COc1cc(C(=O)NC2CC(N(CC(=O)O)CC3CC3)C2)ccc1F. The number of rotatable bonds is 8. The molecule has 0 unspecified atom stereocenters. The van der Waals surface area contributed by atoms with Crippen LogP contribution in [0, 0.1) is 11.7 Å². The van der Waals surface area contributed by atoms with E-state index in [9.17, 15) is 14.0 Å². The number of nitrogens with zero attached hydrogens (tertiary/aromatic N) is 1. The van der Waals surface area contributed by atoms with Gasteiger partial charge in [0.1, 0.15) is 0 Å². The number of carboxylic acid groups (broad SMARTS) is 1. The molecule has 3 rings (SSSR count). The standard InChI is InChI=1S/C18H23FN2O4/c1-25-16-6-12(4-5-15(16)19)18(24)20-13-7-14(8-13)21(10-17(22)23)9-11-2-3-11/h4-6,11,13-14H,2-3,7-10H2,1H3,(H,20,24)(H,22,23). The fourth-order valence-electron chi connectivity index (χ4n) is 3.22. The van der Waals surface area contributed by atoms with Gasteiger partial charge in [-0.3, -0.25) is 14.5 Å². The van der Waals surface area contributed by atoms with Crippen molar-refractivity contribution in [2.24, 2.45) is 5.92 Å². The fourth-order valence-corrected chi connectivity index (χ4v) is 3.22. The summed E-state index contributed by atoms with van der Waals surface area (Å²) in [5, 5.41) is 12.0. The first-order valence-corrected chi connectivity index (χ1v) is 8.56. The van der Waals surface area contributed by atoms with Gasteiger partial charge in [0.25, 0.3) is 5.91 Å². The van der Waals surface area contributed by atoms with Crippen molar-refractivity contribution in [2.45, 2.75) is 37.8 Å². The maximum absolute atomic E-state index is 13.4. The highest BCUT2D eigenvalue weighted by atomic mass is 19.1. The molecule has 0 aromatic heterocycles. The Hall–Kier alpha value is -2.15. The quantitative estimate of drug-likeness (QED) is 0.749. The number of halogens is 1. The molecule has 0 aliphatic heterocycles. The average molecular weight is 350 g/mol. The van der Waals surface area contributed by atoms with Crippen molar-refractivity contribution in [2.75, 3.05) is 20.2 Å². The van der Waals surface area contributed by atoms with E-state index in [1.54, 1.807) is 0 Å². The minimum atomic E-state index is -0.813. The van der Waals surface area contributed by atoms with Gasteiger partial charge in [-0.1, -0.05) is 0 Å². The first-order valence-electron chi connectivity index (χ1n) is 8.56. The fraction of sp³-hybridized carbons (Fsp3) is 0.556. The predicted molar refractivity (Wildman–Crippen MR) is 89.2 cm³/mol. The summed E-state index contributed by atoms with van der Waals surface area (Å²) in [4.78, 5) is 25.3. The maximum Gasteiger partial charge on any atom is 0.317 e. The molecule has 25 heavy (non-hydrogen) atoms. The number of carboxylic acids is 1. The molecule has 136 valence electrons. The van der Waals surface area contributed by atoms with Gasteiger partial charge in [-0.05, 0) is 49.8 Å². The van der Waals surface area contributed by atoms with Crippen LogP contribution in [-0.2, 0) is 4.79 Å². The number of nitrogens with one attached hydrogen (secondary N) is 1. The molecular weight excluding hydrogens is 327 g/mol. The molecule has 2 fully saturated rings. The second kappa shape index (κ2) is 7.39. The Kier molecular flexibility index (Phi) is 5.22. The predicted octanol–water partition coefficient (Wildman–Crippen LogP) is 1.89. The molecule has 2 aliphatic carbocycles. The Morgan fingerprint density at radius 3 is 2.68 bits per heavy atom. The van der Waals surface area contributed by atoms with Crippen molar-refractivity contribution < 1.29 is 23.8 Å². The van der Waals surface area contributed by atoms with Gasteiger partial charge in [0.15, 0.2) is 11.6 Å². The van der Waals surface area contributed by atoms with E-state index in [4.69, 9.17) is 9.84 Å². The highest BCUT2D eigenvalue weighted by Crippen LogP contribution is 2.33. The molecule has 1 aromatic carbocycles. The van der Waals surface area contributed by atoms with Gasteiger partial charge in [-0.25, -0.2) is 4.39 Å². The molecule has 7 heteroatoms. The minimum Gasteiger partial charge on any atom is -0.494 e. The molecule has 0 radical (unpaired) electrons. The van der Waals surface area contributed by atoms with Gasteiger partial charge in [0.05, 0.1) is 13.7 Å². The third kappa shape index (κ3) is 4.48. The topological polar surface area (TPSA) is 78.9 Å². The van der Waals surface area contributed by atoms with Gasteiger partial charge >= 0.3 is 5.97 Å². The number of carbonyl (C=O) groups is 2. The van der Waals surface area contributed by atoms with Crippen LogP contribution in [0.3, 0.4) is 0 Å². The summed E-state index contributed by atoms with van der Waals surface area (Å²) in [5.74, 6) is -0.928. The molecule has 2 N–H and O–H groups in total. The van der Waals surface area contributed by atoms with Crippen LogP contribution in [0.1, 0.15) is 36.0 Å². The smallest absolute Gasteiger partial charge is 0.317 e. The van der Waals surface area contributed by atoms with Crippen molar-refractivity contribution >= 4 is 11.9 Å². The third-order valence-electron chi connectivity index (χ3n) is 4.91. The van der Waals surface area contributed by atoms with Crippen LogP contribution in [0.5, 0.6) is 5.75 Å². The number of aliphatic carboxylic acids is 1. The van der Waals surface area contributed by atoms with E-state index in [2.05, 4.69) is 5.32 Å². The van der Waals surface area contributed by atoms with Crippen molar-refractivity contribution in [1.82, 2.24) is 10.2 Å². The first kappa shape index (κ1) is 17.7. The summed E-state index contributed by atoms with van der Waals surface area (Å²) in [6.07, 6.45) is 3.83. The summed E-state index contributed by atoms with van der Waals surface area (Å²) in [6.45, 7) is 0.879. The Labute approximate surface area is 146 Å². The molecule has 2 saturated carbocycles. The van der Waals surface area contributed by atoms with E-state index in [1.165, 1.54) is 38.2 Å². The summed E-state index contributed by atoms with van der Waals surface area (Å²) in [7, 11) is 1.35. The van der Waals surface area contributed by atoms with Crippen molar-refractivity contribution in [1.29, 1.82) is 0 Å². The van der Waals surface area contributed by atoms with Crippen LogP contribution in [0.4, 0.5) is 4.39 Å². The number of benzene rings is 1. The lowest BCUT2D eigenvalue weighted by atomic mass is 9.85. The zero-order valence-electron chi connectivity index (χ0n) is 14.2. The van der Waals surface area contributed by atoms with Gasteiger partial charge in [-0.15, -0.1) is 0 Å². The second-order valence-corrected chi connectivity index (χ2v) is 6.91. The molecule has 0 saturated heterocycles. The summed E-state index contributed by atoms with van der Waals surface area (Å²) in [6, 6.07) is 4.23. The zero-order chi connectivity index (χ0) is 18.0. The molecular formula is C18H23FN2O4. The number of amides is 1. The minimum absolute atomic E-state index is 0.0176.